The zero-order chi connectivity index (χ0) is 14.7. The first-order valence-corrected chi connectivity index (χ1v) is 6.80. The summed E-state index contributed by atoms with van der Waals surface area (Å²) in [4.78, 5) is 19.0. The van der Waals surface area contributed by atoms with E-state index >= 15 is 0 Å². The number of carboxylic acids is 1. The summed E-state index contributed by atoms with van der Waals surface area (Å²) in [6.45, 7) is 6.69. The van der Waals surface area contributed by atoms with Gasteiger partial charge in [0.15, 0.2) is 0 Å². The van der Waals surface area contributed by atoms with Gasteiger partial charge in [-0.05, 0) is 25.5 Å². The Balaban J connectivity index is 1.95. The molecule has 0 radical (unpaired) electrons. The third-order valence-electron chi connectivity index (χ3n) is 4.01. The van der Waals surface area contributed by atoms with E-state index in [0.717, 1.165) is 18.7 Å². The monoisotopic (exact) mass is 281 g/mol. The average molecular weight is 281 g/mol. The molecular formula is C14H20FN3O2. The molecule has 1 saturated heterocycles. The van der Waals surface area contributed by atoms with Gasteiger partial charge in [-0.25, -0.2) is 4.39 Å². The summed E-state index contributed by atoms with van der Waals surface area (Å²) in [6.07, 6.45) is 2.88. The number of rotatable bonds is 4. The van der Waals surface area contributed by atoms with E-state index in [2.05, 4.69) is 9.88 Å². The van der Waals surface area contributed by atoms with Crippen molar-refractivity contribution in [3.8, 4) is 0 Å². The molecule has 1 aliphatic rings. The van der Waals surface area contributed by atoms with Crippen LogP contribution in [0.1, 0.15) is 25.5 Å². The molecule has 2 unspecified atom stereocenters. The SMILES string of the molecule is CC(C(=O)O)N1CCN(C(C)c2cncc(F)c2)CC1. The van der Waals surface area contributed by atoms with Crippen molar-refractivity contribution in [2.75, 3.05) is 26.2 Å². The zero-order valence-corrected chi connectivity index (χ0v) is 11.8. The Morgan fingerprint density at radius 2 is 1.85 bits per heavy atom. The number of pyridine rings is 1. The highest BCUT2D eigenvalue weighted by Crippen LogP contribution is 2.22. The molecule has 5 nitrogen and oxygen atoms in total. The summed E-state index contributed by atoms with van der Waals surface area (Å²) in [6, 6.07) is 1.13. The Bertz CT molecular complexity index is 475. The molecule has 1 N–H and O–H groups in total. The number of piperazine rings is 1. The average Bonchev–Trinajstić information content (AvgIpc) is 2.46. The lowest BCUT2D eigenvalue weighted by atomic mass is 10.1. The van der Waals surface area contributed by atoms with Crippen molar-refractivity contribution in [2.24, 2.45) is 0 Å². The molecule has 2 atom stereocenters. The van der Waals surface area contributed by atoms with Crippen LogP contribution in [0.25, 0.3) is 0 Å². The molecule has 2 heterocycles. The van der Waals surface area contributed by atoms with E-state index in [4.69, 9.17) is 5.11 Å². The smallest absolute Gasteiger partial charge is 0.320 e. The Hall–Kier alpha value is -1.53. The Labute approximate surface area is 118 Å². The molecule has 0 aliphatic carbocycles. The first-order chi connectivity index (χ1) is 9.49. The van der Waals surface area contributed by atoms with E-state index in [1.54, 1.807) is 13.1 Å². The highest BCUT2D eigenvalue weighted by Gasteiger charge is 2.27. The molecule has 0 bridgehead atoms. The van der Waals surface area contributed by atoms with Gasteiger partial charge in [0.05, 0.1) is 6.20 Å². The Morgan fingerprint density at radius 3 is 2.40 bits per heavy atom. The van der Waals surface area contributed by atoms with Crippen molar-refractivity contribution in [1.29, 1.82) is 0 Å². The second-order valence-electron chi connectivity index (χ2n) is 5.20. The molecule has 1 aromatic heterocycles. The van der Waals surface area contributed by atoms with Crippen molar-refractivity contribution < 1.29 is 14.3 Å². The van der Waals surface area contributed by atoms with Gasteiger partial charge in [0.25, 0.3) is 0 Å². The maximum absolute atomic E-state index is 13.2. The van der Waals surface area contributed by atoms with Gasteiger partial charge in [0, 0.05) is 38.4 Å². The number of aliphatic carboxylic acids is 1. The van der Waals surface area contributed by atoms with Crippen LogP contribution in [-0.4, -0.2) is 58.1 Å². The summed E-state index contributed by atoms with van der Waals surface area (Å²) >= 11 is 0. The van der Waals surface area contributed by atoms with E-state index in [1.165, 1.54) is 12.3 Å². The highest BCUT2D eigenvalue weighted by molar-refractivity contribution is 5.72. The second-order valence-corrected chi connectivity index (χ2v) is 5.20. The Morgan fingerprint density at radius 1 is 1.25 bits per heavy atom. The highest BCUT2D eigenvalue weighted by atomic mass is 19.1. The van der Waals surface area contributed by atoms with Crippen LogP contribution in [0.5, 0.6) is 0 Å². The van der Waals surface area contributed by atoms with Gasteiger partial charge in [-0.3, -0.25) is 19.6 Å². The third-order valence-corrected chi connectivity index (χ3v) is 4.01. The molecule has 0 spiro atoms. The van der Waals surface area contributed by atoms with Crippen LogP contribution in [0.4, 0.5) is 4.39 Å². The van der Waals surface area contributed by atoms with Crippen LogP contribution in [0.15, 0.2) is 18.5 Å². The summed E-state index contributed by atoms with van der Waals surface area (Å²) in [5, 5.41) is 9.01. The fraction of sp³-hybridized carbons (Fsp3) is 0.571. The van der Waals surface area contributed by atoms with Gasteiger partial charge in [0.1, 0.15) is 11.9 Å². The van der Waals surface area contributed by atoms with Crippen LogP contribution in [0.3, 0.4) is 0 Å². The number of hydrogen-bond acceptors (Lipinski definition) is 4. The largest absolute Gasteiger partial charge is 0.480 e. The second kappa shape index (κ2) is 6.28. The molecule has 1 fully saturated rings. The molecule has 6 heteroatoms. The van der Waals surface area contributed by atoms with Crippen LogP contribution < -0.4 is 0 Å². The van der Waals surface area contributed by atoms with Crippen molar-refractivity contribution in [2.45, 2.75) is 25.9 Å². The lowest BCUT2D eigenvalue weighted by molar-refractivity contribution is -0.143. The van der Waals surface area contributed by atoms with Gasteiger partial charge in [-0.15, -0.1) is 0 Å². The van der Waals surface area contributed by atoms with Gasteiger partial charge in [-0.2, -0.15) is 0 Å². The van der Waals surface area contributed by atoms with E-state index in [9.17, 15) is 9.18 Å². The summed E-state index contributed by atoms with van der Waals surface area (Å²) in [5.74, 6) is -1.12. The van der Waals surface area contributed by atoms with Crippen LogP contribution in [0.2, 0.25) is 0 Å². The molecule has 1 aromatic rings. The standard InChI is InChI=1S/C14H20FN3O2/c1-10(12-7-13(15)9-16-8-12)17-3-5-18(6-4-17)11(2)14(19)20/h7-11H,3-6H2,1-2H3,(H,19,20). The van der Waals surface area contributed by atoms with Crippen LogP contribution in [0, 0.1) is 5.82 Å². The van der Waals surface area contributed by atoms with Crippen molar-refractivity contribution >= 4 is 5.97 Å². The topological polar surface area (TPSA) is 56.7 Å². The number of halogens is 1. The minimum Gasteiger partial charge on any atom is -0.480 e. The van der Waals surface area contributed by atoms with Crippen LogP contribution >= 0.6 is 0 Å². The number of hydrogen-bond donors (Lipinski definition) is 1. The third kappa shape index (κ3) is 3.32. The maximum atomic E-state index is 13.2. The fourth-order valence-electron chi connectivity index (χ4n) is 2.54. The zero-order valence-electron chi connectivity index (χ0n) is 11.8. The number of carbonyl (C=O) groups is 1. The quantitative estimate of drug-likeness (QED) is 0.903. The lowest BCUT2D eigenvalue weighted by Gasteiger charge is -2.39. The molecule has 110 valence electrons. The normalized spacial score (nSPS) is 20.6. The summed E-state index contributed by atoms with van der Waals surface area (Å²) in [5.41, 5.74) is 0.852. The predicted octanol–water partition coefficient (Wildman–Crippen LogP) is 1.37. The number of aromatic nitrogens is 1. The van der Waals surface area contributed by atoms with Crippen molar-refractivity contribution in [3.05, 3.63) is 29.8 Å². The molecule has 2 rings (SSSR count). The van der Waals surface area contributed by atoms with Gasteiger partial charge < -0.3 is 5.11 Å². The van der Waals surface area contributed by atoms with Crippen LogP contribution in [-0.2, 0) is 4.79 Å². The minimum absolute atomic E-state index is 0.0838. The van der Waals surface area contributed by atoms with E-state index < -0.39 is 12.0 Å². The maximum Gasteiger partial charge on any atom is 0.320 e. The molecular weight excluding hydrogens is 261 g/mol. The number of nitrogens with zero attached hydrogens (tertiary/aromatic N) is 3. The van der Waals surface area contributed by atoms with E-state index in [-0.39, 0.29) is 11.9 Å². The Kier molecular flexibility index (Phi) is 4.67. The molecule has 1 aliphatic heterocycles. The first-order valence-electron chi connectivity index (χ1n) is 6.80. The van der Waals surface area contributed by atoms with E-state index in [0.29, 0.717) is 13.1 Å². The number of carboxylic acid groups (broad SMARTS) is 1. The predicted molar refractivity (Wildman–Crippen MR) is 72.9 cm³/mol. The summed E-state index contributed by atoms with van der Waals surface area (Å²) < 4.78 is 13.2. The molecule has 0 amide bonds. The van der Waals surface area contributed by atoms with Crippen molar-refractivity contribution in [1.82, 2.24) is 14.8 Å². The van der Waals surface area contributed by atoms with Gasteiger partial charge in [0.2, 0.25) is 0 Å². The molecule has 0 aromatic carbocycles. The first kappa shape index (κ1) is 14.9. The minimum atomic E-state index is -0.791. The van der Waals surface area contributed by atoms with E-state index in [1.807, 2.05) is 11.8 Å². The lowest BCUT2D eigenvalue weighted by Crippen LogP contribution is -2.52. The van der Waals surface area contributed by atoms with Gasteiger partial charge in [-0.1, -0.05) is 0 Å². The van der Waals surface area contributed by atoms with Gasteiger partial charge >= 0.3 is 5.97 Å². The summed E-state index contributed by atoms with van der Waals surface area (Å²) in [7, 11) is 0. The molecule has 0 saturated carbocycles. The fourth-order valence-corrected chi connectivity index (χ4v) is 2.54. The molecule has 20 heavy (non-hydrogen) atoms. The van der Waals surface area contributed by atoms with Crippen molar-refractivity contribution in [3.63, 3.8) is 0 Å².